The van der Waals surface area contributed by atoms with Gasteiger partial charge in [-0.05, 0) is 20.9 Å². The molecule has 0 radical (unpaired) electrons. The molecule has 0 spiro atoms. The number of likely N-dealkylation sites (N-methyl/N-ethyl adjacent to an activating group) is 1. The van der Waals surface area contributed by atoms with Gasteiger partial charge in [0.25, 0.3) is 0 Å². The molecular formula is C9H21NO3S. The fourth-order valence-corrected chi connectivity index (χ4v) is 2.06. The van der Waals surface area contributed by atoms with Crippen molar-refractivity contribution < 1.29 is 13.5 Å². The van der Waals surface area contributed by atoms with Gasteiger partial charge in [0.1, 0.15) is 0 Å². The summed E-state index contributed by atoms with van der Waals surface area (Å²) in [5.74, 6) is 0.347. The van der Waals surface area contributed by atoms with Crippen LogP contribution in [0.25, 0.3) is 0 Å². The summed E-state index contributed by atoms with van der Waals surface area (Å²) in [5, 5.41) is 9.48. The van der Waals surface area contributed by atoms with Gasteiger partial charge in [-0.15, -0.1) is 0 Å². The molecule has 0 aromatic rings. The lowest BCUT2D eigenvalue weighted by molar-refractivity contribution is 0.0463. The Labute approximate surface area is 86.8 Å². The van der Waals surface area contributed by atoms with Crippen LogP contribution in [0.3, 0.4) is 0 Å². The van der Waals surface area contributed by atoms with Gasteiger partial charge in [-0.25, -0.2) is 8.42 Å². The molecule has 4 nitrogen and oxygen atoms in total. The van der Waals surface area contributed by atoms with Crippen LogP contribution in [0.4, 0.5) is 0 Å². The summed E-state index contributed by atoms with van der Waals surface area (Å²) in [6.45, 7) is 6.01. The fourth-order valence-electron chi connectivity index (χ4n) is 1.18. The average molecular weight is 223 g/mol. The van der Waals surface area contributed by atoms with Crippen LogP contribution in [0.15, 0.2) is 0 Å². The highest BCUT2D eigenvalue weighted by atomic mass is 32.2. The Morgan fingerprint density at radius 1 is 1.36 bits per heavy atom. The van der Waals surface area contributed by atoms with Crippen molar-refractivity contribution in [2.24, 2.45) is 0 Å². The van der Waals surface area contributed by atoms with Gasteiger partial charge >= 0.3 is 0 Å². The molecule has 0 aromatic carbocycles. The first kappa shape index (κ1) is 13.9. The Morgan fingerprint density at radius 2 is 1.86 bits per heavy atom. The van der Waals surface area contributed by atoms with Crippen molar-refractivity contribution in [2.45, 2.75) is 26.4 Å². The first-order valence-corrected chi connectivity index (χ1v) is 6.60. The largest absolute Gasteiger partial charge is 0.389 e. The van der Waals surface area contributed by atoms with E-state index in [1.807, 2.05) is 11.9 Å². The third-order valence-corrected chi connectivity index (χ3v) is 3.56. The second kappa shape index (κ2) is 5.09. The molecule has 0 aliphatic heterocycles. The quantitative estimate of drug-likeness (QED) is 0.695. The van der Waals surface area contributed by atoms with E-state index in [2.05, 4.69) is 0 Å². The van der Waals surface area contributed by atoms with Crippen LogP contribution in [0, 0.1) is 0 Å². The molecule has 0 amide bonds. The lowest BCUT2D eigenvalue weighted by Crippen LogP contribution is -2.38. The molecule has 0 bridgehead atoms. The molecule has 0 heterocycles. The van der Waals surface area contributed by atoms with E-state index in [0.717, 1.165) is 0 Å². The highest BCUT2D eigenvalue weighted by Gasteiger charge is 2.16. The van der Waals surface area contributed by atoms with E-state index in [1.165, 1.54) is 0 Å². The van der Waals surface area contributed by atoms with Gasteiger partial charge in [0.05, 0.1) is 11.4 Å². The van der Waals surface area contributed by atoms with Crippen molar-refractivity contribution in [3.8, 4) is 0 Å². The van der Waals surface area contributed by atoms with Gasteiger partial charge in [-0.2, -0.15) is 0 Å². The second-order valence-electron chi connectivity index (χ2n) is 4.29. The molecular weight excluding hydrogens is 202 g/mol. The van der Waals surface area contributed by atoms with Gasteiger partial charge < -0.3 is 10.0 Å². The summed E-state index contributed by atoms with van der Waals surface area (Å²) in [6, 6.07) is 0. The molecule has 14 heavy (non-hydrogen) atoms. The minimum atomic E-state index is -2.89. The number of hydrogen-bond acceptors (Lipinski definition) is 4. The van der Waals surface area contributed by atoms with Crippen LogP contribution in [0.5, 0.6) is 0 Å². The lowest BCUT2D eigenvalue weighted by atomic mass is 10.1. The molecule has 86 valence electrons. The summed E-state index contributed by atoms with van der Waals surface area (Å²) < 4.78 is 22.4. The molecule has 0 aromatic heterocycles. The van der Waals surface area contributed by atoms with E-state index in [0.29, 0.717) is 13.1 Å². The van der Waals surface area contributed by atoms with Crippen LogP contribution < -0.4 is 0 Å². The van der Waals surface area contributed by atoms with Crippen LogP contribution in [-0.4, -0.2) is 55.7 Å². The standard InChI is InChI=1S/C9H21NO3S/c1-5-14(12,13)7-6-10(4)8-9(2,3)11/h11H,5-8H2,1-4H3. The van der Waals surface area contributed by atoms with E-state index in [9.17, 15) is 13.5 Å². The van der Waals surface area contributed by atoms with Crippen molar-refractivity contribution >= 4 is 9.84 Å². The van der Waals surface area contributed by atoms with E-state index < -0.39 is 15.4 Å². The summed E-state index contributed by atoms with van der Waals surface area (Å²) in [4.78, 5) is 1.83. The Bertz CT molecular complexity index is 254. The monoisotopic (exact) mass is 223 g/mol. The molecule has 0 unspecified atom stereocenters. The van der Waals surface area contributed by atoms with Crippen LogP contribution in [0.2, 0.25) is 0 Å². The minimum absolute atomic E-state index is 0.163. The first-order valence-electron chi connectivity index (χ1n) is 4.77. The Hall–Kier alpha value is -0.130. The number of nitrogens with zero attached hydrogens (tertiary/aromatic N) is 1. The molecule has 0 saturated heterocycles. The van der Waals surface area contributed by atoms with E-state index in [-0.39, 0.29) is 11.5 Å². The summed E-state index contributed by atoms with van der Waals surface area (Å²) >= 11 is 0. The highest BCUT2D eigenvalue weighted by Crippen LogP contribution is 2.03. The minimum Gasteiger partial charge on any atom is -0.389 e. The molecule has 5 heteroatoms. The van der Waals surface area contributed by atoms with Crippen molar-refractivity contribution in [3.05, 3.63) is 0 Å². The fraction of sp³-hybridized carbons (Fsp3) is 1.00. The Morgan fingerprint density at radius 3 is 2.21 bits per heavy atom. The zero-order valence-corrected chi connectivity index (χ0v) is 10.3. The van der Waals surface area contributed by atoms with Gasteiger partial charge in [0.15, 0.2) is 9.84 Å². The molecule has 0 rings (SSSR count). The summed E-state index contributed by atoms with van der Waals surface area (Å²) in [7, 11) is -1.08. The highest BCUT2D eigenvalue weighted by molar-refractivity contribution is 7.91. The second-order valence-corrected chi connectivity index (χ2v) is 6.76. The summed E-state index contributed by atoms with van der Waals surface area (Å²) in [6.07, 6.45) is 0. The van der Waals surface area contributed by atoms with Gasteiger partial charge in [-0.1, -0.05) is 6.92 Å². The molecule has 0 aliphatic rings. The van der Waals surface area contributed by atoms with Gasteiger partial charge in [-0.3, -0.25) is 0 Å². The Kier molecular flexibility index (Phi) is 5.05. The van der Waals surface area contributed by atoms with E-state index in [1.54, 1.807) is 20.8 Å². The molecule has 0 saturated carbocycles. The lowest BCUT2D eigenvalue weighted by Gasteiger charge is -2.25. The van der Waals surface area contributed by atoms with E-state index >= 15 is 0 Å². The van der Waals surface area contributed by atoms with Crippen LogP contribution in [-0.2, 0) is 9.84 Å². The van der Waals surface area contributed by atoms with Crippen molar-refractivity contribution in [1.82, 2.24) is 4.90 Å². The van der Waals surface area contributed by atoms with Crippen LogP contribution >= 0.6 is 0 Å². The smallest absolute Gasteiger partial charge is 0.151 e. The third kappa shape index (κ3) is 7.29. The van der Waals surface area contributed by atoms with Crippen LogP contribution in [0.1, 0.15) is 20.8 Å². The Balaban J connectivity index is 3.93. The zero-order valence-electron chi connectivity index (χ0n) is 9.45. The predicted octanol–water partition coefficient (Wildman–Crippen LogP) is 0.124. The van der Waals surface area contributed by atoms with Crippen molar-refractivity contribution in [2.75, 3.05) is 31.6 Å². The molecule has 1 N–H and O–H groups in total. The number of aliphatic hydroxyl groups is 1. The molecule has 0 aliphatic carbocycles. The zero-order chi connectivity index (χ0) is 11.4. The number of rotatable bonds is 6. The number of hydrogen-bond donors (Lipinski definition) is 1. The maximum Gasteiger partial charge on any atom is 0.151 e. The normalized spacial score (nSPS) is 13.6. The molecule has 0 atom stereocenters. The maximum absolute atomic E-state index is 11.2. The molecule has 0 fully saturated rings. The topological polar surface area (TPSA) is 57.6 Å². The van der Waals surface area contributed by atoms with Gasteiger partial charge in [0, 0.05) is 18.8 Å². The summed E-state index contributed by atoms with van der Waals surface area (Å²) in [5.41, 5.74) is -0.773. The first-order chi connectivity index (χ1) is 6.16. The SMILES string of the molecule is CCS(=O)(=O)CCN(C)CC(C)(C)O. The van der Waals surface area contributed by atoms with Gasteiger partial charge in [0.2, 0.25) is 0 Å². The maximum atomic E-state index is 11.2. The third-order valence-electron chi connectivity index (χ3n) is 1.88. The predicted molar refractivity (Wildman–Crippen MR) is 58.1 cm³/mol. The van der Waals surface area contributed by atoms with Crippen molar-refractivity contribution in [3.63, 3.8) is 0 Å². The van der Waals surface area contributed by atoms with E-state index in [4.69, 9.17) is 0 Å². The average Bonchev–Trinajstić information content (AvgIpc) is 1.98. The van der Waals surface area contributed by atoms with Crippen molar-refractivity contribution in [1.29, 1.82) is 0 Å². The number of sulfone groups is 1.